The second-order valence-electron chi connectivity index (χ2n) is 6.38. The lowest BCUT2D eigenvalue weighted by Crippen LogP contribution is -2.37. The lowest BCUT2D eigenvalue weighted by atomic mass is 9.83. The number of rotatable bonds is 5. The second kappa shape index (κ2) is 6.23. The van der Waals surface area contributed by atoms with Gasteiger partial charge in [-0.05, 0) is 38.1 Å². The van der Waals surface area contributed by atoms with Crippen molar-refractivity contribution in [3.05, 3.63) is 11.1 Å². The van der Waals surface area contributed by atoms with E-state index in [1.807, 2.05) is 0 Å². The molecule has 19 heavy (non-hydrogen) atoms. The standard InChI is InChI=1S/C15H27N3S/c1-5-8-16-12(2)13-11-19-14(17-13)18-9-6-15(3,4)7-10-18/h11-12,16H,5-10H2,1-4H3. The Morgan fingerprint density at radius 3 is 2.74 bits per heavy atom. The molecular formula is C15H27N3S. The van der Waals surface area contributed by atoms with Crippen LogP contribution in [0.3, 0.4) is 0 Å². The average molecular weight is 281 g/mol. The van der Waals surface area contributed by atoms with Crippen molar-refractivity contribution in [2.24, 2.45) is 5.41 Å². The Balaban J connectivity index is 1.94. The Hall–Kier alpha value is -0.610. The van der Waals surface area contributed by atoms with E-state index in [1.54, 1.807) is 11.3 Å². The van der Waals surface area contributed by atoms with Crippen LogP contribution in [0.25, 0.3) is 0 Å². The molecule has 0 aliphatic carbocycles. The number of hydrogen-bond donors (Lipinski definition) is 1. The van der Waals surface area contributed by atoms with E-state index >= 15 is 0 Å². The van der Waals surface area contributed by atoms with Crippen molar-refractivity contribution in [1.29, 1.82) is 0 Å². The molecule has 0 aromatic carbocycles. The van der Waals surface area contributed by atoms with Crippen molar-refractivity contribution in [2.45, 2.75) is 53.0 Å². The van der Waals surface area contributed by atoms with Gasteiger partial charge in [0.25, 0.3) is 0 Å². The maximum absolute atomic E-state index is 4.82. The average Bonchev–Trinajstić information content (AvgIpc) is 2.85. The highest BCUT2D eigenvalue weighted by molar-refractivity contribution is 7.13. The summed E-state index contributed by atoms with van der Waals surface area (Å²) >= 11 is 1.79. The van der Waals surface area contributed by atoms with Crippen molar-refractivity contribution in [3.8, 4) is 0 Å². The van der Waals surface area contributed by atoms with E-state index in [9.17, 15) is 0 Å². The molecule has 0 saturated carbocycles. The predicted molar refractivity (Wildman–Crippen MR) is 84.1 cm³/mol. The first-order valence-corrected chi connectivity index (χ1v) is 8.33. The number of piperidine rings is 1. The molecule has 0 amide bonds. The Morgan fingerprint density at radius 1 is 1.42 bits per heavy atom. The van der Waals surface area contributed by atoms with Crippen LogP contribution in [-0.2, 0) is 0 Å². The molecule has 1 aromatic heterocycles. The maximum atomic E-state index is 4.82. The molecule has 0 radical (unpaired) electrons. The summed E-state index contributed by atoms with van der Waals surface area (Å²) in [5, 5.41) is 6.92. The summed E-state index contributed by atoms with van der Waals surface area (Å²) in [6, 6.07) is 0.367. The van der Waals surface area contributed by atoms with E-state index in [0.717, 1.165) is 19.6 Å². The molecule has 2 rings (SSSR count). The van der Waals surface area contributed by atoms with Gasteiger partial charge in [-0.1, -0.05) is 20.8 Å². The molecule has 4 heteroatoms. The monoisotopic (exact) mass is 281 g/mol. The van der Waals surface area contributed by atoms with Crippen molar-refractivity contribution in [3.63, 3.8) is 0 Å². The number of thiazole rings is 1. The van der Waals surface area contributed by atoms with Gasteiger partial charge < -0.3 is 10.2 Å². The molecule has 108 valence electrons. The lowest BCUT2D eigenvalue weighted by Gasteiger charge is -2.36. The van der Waals surface area contributed by atoms with Gasteiger partial charge in [-0.3, -0.25) is 0 Å². The van der Waals surface area contributed by atoms with Crippen molar-refractivity contribution < 1.29 is 0 Å². The van der Waals surface area contributed by atoms with Crippen LogP contribution in [0.2, 0.25) is 0 Å². The molecule has 1 fully saturated rings. The highest BCUT2D eigenvalue weighted by Gasteiger charge is 2.26. The highest BCUT2D eigenvalue weighted by atomic mass is 32.1. The molecule has 1 saturated heterocycles. The van der Waals surface area contributed by atoms with Crippen molar-refractivity contribution >= 4 is 16.5 Å². The summed E-state index contributed by atoms with van der Waals surface area (Å²) in [7, 11) is 0. The van der Waals surface area contributed by atoms with E-state index in [1.165, 1.54) is 30.1 Å². The molecule has 1 atom stereocenters. The fraction of sp³-hybridized carbons (Fsp3) is 0.800. The Morgan fingerprint density at radius 2 is 2.11 bits per heavy atom. The highest BCUT2D eigenvalue weighted by Crippen LogP contribution is 2.33. The molecule has 2 heterocycles. The summed E-state index contributed by atoms with van der Waals surface area (Å²) in [6.07, 6.45) is 3.71. The third-order valence-corrected chi connectivity index (χ3v) is 4.96. The van der Waals surface area contributed by atoms with Gasteiger partial charge in [-0.2, -0.15) is 0 Å². The smallest absolute Gasteiger partial charge is 0.185 e. The van der Waals surface area contributed by atoms with Crippen LogP contribution in [-0.4, -0.2) is 24.6 Å². The first-order valence-electron chi connectivity index (χ1n) is 7.45. The van der Waals surface area contributed by atoms with E-state index < -0.39 is 0 Å². The number of aromatic nitrogens is 1. The quantitative estimate of drug-likeness (QED) is 0.889. The maximum Gasteiger partial charge on any atom is 0.185 e. The zero-order chi connectivity index (χ0) is 13.9. The van der Waals surface area contributed by atoms with Crippen LogP contribution in [0.15, 0.2) is 5.38 Å². The molecule has 1 N–H and O–H groups in total. The zero-order valence-corrected chi connectivity index (χ0v) is 13.5. The molecule has 0 bridgehead atoms. The van der Waals surface area contributed by atoms with Crippen molar-refractivity contribution in [1.82, 2.24) is 10.3 Å². The van der Waals surface area contributed by atoms with Gasteiger partial charge in [0.05, 0.1) is 5.69 Å². The summed E-state index contributed by atoms with van der Waals surface area (Å²) in [6.45, 7) is 12.5. The molecule has 1 aromatic rings. The third-order valence-electron chi connectivity index (χ3n) is 4.04. The number of nitrogens with zero attached hydrogens (tertiary/aromatic N) is 2. The van der Waals surface area contributed by atoms with Crippen LogP contribution >= 0.6 is 11.3 Å². The minimum absolute atomic E-state index is 0.367. The second-order valence-corrected chi connectivity index (χ2v) is 7.22. The van der Waals surface area contributed by atoms with Gasteiger partial charge in [-0.25, -0.2) is 4.98 Å². The van der Waals surface area contributed by atoms with Crippen LogP contribution in [0.1, 0.15) is 58.7 Å². The Labute approximate surface area is 121 Å². The fourth-order valence-electron chi connectivity index (χ4n) is 2.39. The van der Waals surface area contributed by atoms with Gasteiger partial charge in [0.2, 0.25) is 0 Å². The van der Waals surface area contributed by atoms with Gasteiger partial charge in [0.15, 0.2) is 5.13 Å². The van der Waals surface area contributed by atoms with Crippen molar-refractivity contribution in [2.75, 3.05) is 24.5 Å². The first kappa shape index (κ1) is 14.8. The fourth-order valence-corrected chi connectivity index (χ4v) is 3.36. The summed E-state index contributed by atoms with van der Waals surface area (Å²) in [5.41, 5.74) is 1.70. The van der Waals surface area contributed by atoms with Crippen LogP contribution < -0.4 is 10.2 Å². The van der Waals surface area contributed by atoms with Gasteiger partial charge in [-0.15, -0.1) is 11.3 Å². The molecule has 1 aliphatic heterocycles. The zero-order valence-electron chi connectivity index (χ0n) is 12.7. The molecule has 0 spiro atoms. The SMILES string of the molecule is CCCNC(C)c1csc(N2CCC(C)(C)CC2)n1. The largest absolute Gasteiger partial charge is 0.348 e. The van der Waals surface area contributed by atoms with E-state index in [0.29, 0.717) is 11.5 Å². The number of anilines is 1. The summed E-state index contributed by atoms with van der Waals surface area (Å²) < 4.78 is 0. The minimum Gasteiger partial charge on any atom is -0.348 e. The molecule has 3 nitrogen and oxygen atoms in total. The van der Waals surface area contributed by atoms with Crippen LogP contribution in [0.5, 0.6) is 0 Å². The summed E-state index contributed by atoms with van der Waals surface area (Å²) in [5.74, 6) is 0. The third kappa shape index (κ3) is 3.93. The Bertz CT molecular complexity index is 390. The van der Waals surface area contributed by atoms with Crippen LogP contribution in [0.4, 0.5) is 5.13 Å². The molecule has 1 unspecified atom stereocenters. The molecule has 1 aliphatic rings. The summed E-state index contributed by atoms with van der Waals surface area (Å²) in [4.78, 5) is 7.27. The minimum atomic E-state index is 0.367. The van der Waals surface area contributed by atoms with Gasteiger partial charge in [0.1, 0.15) is 0 Å². The predicted octanol–water partition coefficient (Wildman–Crippen LogP) is 3.83. The normalized spacial score (nSPS) is 20.5. The van der Waals surface area contributed by atoms with Gasteiger partial charge in [0, 0.05) is 24.5 Å². The van der Waals surface area contributed by atoms with E-state index in [-0.39, 0.29) is 0 Å². The van der Waals surface area contributed by atoms with Gasteiger partial charge >= 0.3 is 0 Å². The van der Waals surface area contributed by atoms with E-state index in [4.69, 9.17) is 4.98 Å². The van der Waals surface area contributed by atoms with E-state index in [2.05, 4.69) is 43.3 Å². The van der Waals surface area contributed by atoms with Crippen LogP contribution in [0, 0.1) is 5.41 Å². The number of hydrogen-bond acceptors (Lipinski definition) is 4. The Kier molecular flexibility index (Phi) is 4.85. The molecular weight excluding hydrogens is 254 g/mol. The first-order chi connectivity index (χ1) is 9.02. The topological polar surface area (TPSA) is 28.2 Å². The number of nitrogens with one attached hydrogen (secondary N) is 1. The lowest BCUT2D eigenvalue weighted by molar-refractivity contribution is 0.279.